The quantitative estimate of drug-likeness (QED) is 0.270. The molecule has 0 aliphatic heterocycles. The number of hydrogen-bond acceptors (Lipinski definition) is 4. The Kier molecular flexibility index (Phi) is 13.2. The Balaban J connectivity index is 0.00000450. The van der Waals surface area contributed by atoms with Gasteiger partial charge in [-0.05, 0) is 30.4 Å². The molecule has 0 radical (unpaired) electrons. The normalized spacial score (nSPS) is 11.8. The van der Waals surface area contributed by atoms with E-state index in [0.29, 0.717) is 31.4 Å². The van der Waals surface area contributed by atoms with Gasteiger partial charge in [-0.25, -0.2) is 0 Å². The molecule has 7 N–H and O–H groups in total. The molecule has 9 heteroatoms. The van der Waals surface area contributed by atoms with Crippen molar-refractivity contribution in [3.63, 3.8) is 0 Å². The van der Waals surface area contributed by atoms with Crippen LogP contribution >= 0.6 is 24.8 Å². The second-order valence-electron chi connectivity index (χ2n) is 6.93. The van der Waals surface area contributed by atoms with Gasteiger partial charge in [0.1, 0.15) is 11.9 Å². The van der Waals surface area contributed by atoms with Crippen molar-refractivity contribution < 1.29 is 9.59 Å². The van der Waals surface area contributed by atoms with E-state index >= 15 is 0 Å². The minimum atomic E-state index is -0.670. The van der Waals surface area contributed by atoms with Crippen molar-refractivity contribution in [3.8, 4) is 0 Å². The number of carbonyl (C=O) groups is 2. The Morgan fingerprint density at radius 1 is 0.968 bits per heavy atom. The van der Waals surface area contributed by atoms with E-state index in [1.54, 1.807) is 24.3 Å². The first-order valence-electron chi connectivity index (χ1n) is 9.71. The van der Waals surface area contributed by atoms with Gasteiger partial charge in [-0.2, -0.15) is 0 Å². The van der Waals surface area contributed by atoms with Crippen molar-refractivity contribution in [1.82, 2.24) is 10.6 Å². The molecule has 31 heavy (non-hydrogen) atoms. The monoisotopic (exact) mass is 467 g/mol. The van der Waals surface area contributed by atoms with Gasteiger partial charge < -0.3 is 22.1 Å². The topological polar surface area (TPSA) is 134 Å². The number of nitrogens with one attached hydrogen (secondary N) is 3. The predicted octanol–water partition coefficient (Wildman–Crippen LogP) is 2.29. The van der Waals surface area contributed by atoms with E-state index < -0.39 is 12.1 Å². The van der Waals surface area contributed by atoms with E-state index in [1.807, 2.05) is 37.3 Å². The van der Waals surface area contributed by atoms with E-state index in [4.69, 9.17) is 16.9 Å². The van der Waals surface area contributed by atoms with Gasteiger partial charge in [0.25, 0.3) is 0 Å². The molecule has 0 heterocycles. The van der Waals surface area contributed by atoms with Crippen LogP contribution in [0.5, 0.6) is 0 Å². The minimum absolute atomic E-state index is 0. The minimum Gasteiger partial charge on any atom is -0.384 e. The van der Waals surface area contributed by atoms with Crippen LogP contribution in [0.15, 0.2) is 54.6 Å². The summed E-state index contributed by atoms with van der Waals surface area (Å²) < 4.78 is 0. The van der Waals surface area contributed by atoms with Crippen molar-refractivity contribution in [3.05, 3.63) is 71.3 Å². The highest BCUT2D eigenvalue weighted by Gasteiger charge is 2.22. The molecule has 2 aromatic carbocycles. The number of halogens is 2. The first-order valence-corrected chi connectivity index (χ1v) is 9.71. The number of hydrogen-bond donors (Lipinski definition) is 5. The molecular weight excluding hydrogens is 437 g/mol. The number of carbonyl (C=O) groups excluding carboxylic acids is 2. The Hall–Kier alpha value is -2.61. The number of amides is 2. The van der Waals surface area contributed by atoms with Crippen molar-refractivity contribution in [2.45, 2.75) is 44.8 Å². The van der Waals surface area contributed by atoms with Crippen LogP contribution in [-0.4, -0.2) is 29.7 Å². The molecule has 0 unspecified atom stereocenters. The molecule has 2 aromatic rings. The van der Waals surface area contributed by atoms with Gasteiger partial charge in [-0.1, -0.05) is 61.5 Å². The third kappa shape index (κ3) is 9.38. The fourth-order valence-electron chi connectivity index (χ4n) is 2.84. The van der Waals surface area contributed by atoms with E-state index in [1.165, 1.54) is 0 Å². The first kappa shape index (κ1) is 28.4. The van der Waals surface area contributed by atoms with Gasteiger partial charge in [0.15, 0.2) is 0 Å². The van der Waals surface area contributed by atoms with Crippen LogP contribution < -0.4 is 22.1 Å². The fraction of sp³-hybridized carbons (Fsp3) is 0.318. The number of nitrogens with two attached hydrogens (primary N) is 2. The van der Waals surface area contributed by atoms with Crippen molar-refractivity contribution >= 4 is 42.5 Å². The van der Waals surface area contributed by atoms with E-state index in [-0.39, 0.29) is 42.5 Å². The fourth-order valence-corrected chi connectivity index (χ4v) is 2.84. The predicted molar refractivity (Wildman–Crippen MR) is 129 cm³/mol. The third-order valence-electron chi connectivity index (χ3n) is 4.70. The molecule has 7 nitrogen and oxygen atoms in total. The zero-order valence-corrected chi connectivity index (χ0v) is 19.1. The summed E-state index contributed by atoms with van der Waals surface area (Å²) in [6.07, 6.45) is 1.68. The molecule has 0 aliphatic carbocycles. The average Bonchev–Trinajstić information content (AvgIpc) is 2.74. The van der Waals surface area contributed by atoms with Gasteiger partial charge in [-0.3, -0.25) is 15.0 Å². The lowest BCUT2D eigenvalue weighted by Gasteiger charge is -2.19. The Morgan fingerprint density at radius 3 is 2.13 bits per heavy atom. The highest BCUT2D eigenvalue weighted by molar-refractivity contribution is 5.95. The third-order valence-corrected chi connectivity index (χ3v) is 4.70. The number of rotatable bonds is 10. The maximum Gasteiger partial charge on any atom is 0.242 e. The van der Waals surface area contributed by atoms with E-state index in [0.717, 1.165) is 11.1 Å². The summed E-state index contributed by atoms with van der Waals surface area (Å²) in [7, 11) is 0. The van der Waals surface area contributed by atoms with Gasteiger partial charge in [0.05, 0.1) is 6.04 Å². The SMILES string of the molecule is CC[C@H](NC(=O)[C@H](N)CCc1ccccc1)C(=O)NCc1ccc(C(=N)N)cc1.Cl.Cl. The molecule has 0 fully saturated rings. The molecular formula is C22H31Cl2N5O2. The van der Waals surface area contributed by atoms with Crippen LogP contribution in [0.25, 0.3) is 0 Å². The van der Waals surface area contributed by atoms with Crippen LogP contribution in [0.3, 0.4) is 0 Å². The number of nitrogen functional groups attached to an aromatic ring is 1. The smallest absolute Gasteiger partial charge is 0.242 e. The summed E-state index contributed by atoms with van der Waals surface area (Å²) >= 11 is 0. The second kappa shape index (κ2) is 14.4. The molecule has 0 spiro atoms. The maximum absolute atomic E-state index is 12.4. The summed E-state index contributed by atoms with van der Waals surface area (Å²) in [6.45, 7) is 2.16. The van der Waals surface area contributed by atoms with Gasteiger partial charge in [0, 0.05) is 12.1 Å². The molecule has 0 saturated carbocycles. The zero-order chi connectivity index (χ0) is 21.2. The Morgan fingerprint density at radius 2 is 1.58 bits per heavy atom. The van der Waals surface area contributed by atoms with Crippen LogP contribution in [-0.2, 0) is 22.6 Å². The summed E-state index contributed by atoms with van der Waals surface area (Å²) in [5, 5.41) is 13.0. The van der Waals surface area contributed by atoms with Crippen LogP contribution in [0.1, 0.15) is 36.5 Å². The van der Waals surface area contributed by atoms with Crippen LogP contribution in [0.2, 0.25) is 0 Å². The zero-order valence-electron chi connectivity index (χ0n) is 17.5. The van der Waals surface area contributed by atoms with Gasteiger partial charge in [-0.15, -0.1) is 24.8 Å². The number of amidine groups is 1. The molecule has 2 amide bonds. The van der Waals surface area contributed by atoms with Crippen LogP contribution in [0.4, 0.5) is 0 Å². The second-order valence-corrected chi connectivity index (χ2v) is 6.93. The molecule has 0 saturated heterocycles. The van der Waals surface area contributed by atoms with Crippen molar-refractivity contribution in [1.29, 1.82) is 5.41 Å². The molecule has 2 rings (SSSR count). The Bertz CT molecular complexity index is 832. The standard InChI is InChI=1S/C22H29N5O2.2ClH/c1-2-19(22(29)26-14-16-8-11-17(12-9-16)20(24)25)27-21(28)18(23)13-10-15-6-4-3-5-7-15;;/h3-9,11-12,18-19H,2,10,13-14,23H2,1H3,(H3,24,25)(H,26,29)(H,27,28);2*1H/t18-,19+;;/m1../s1. The average molecular weight is 468 g/mol. The lowest BCUT2D eigenvalue weighted by molar-refractivity contribution is -0.129. The lowest BCUT2D eigenvalue weighted by atomic mass is 10.0. The summed E-state index contributed by atoms with van der Waals surface area (Å²) in [5.41, 5.74) is 14.1. The number of benzene rings is 2. The van der Waals surface area contributed by atoms with Crippen LogP contribution in [0, 0.1) is 5.41 Å². The summed E-state index contributed by atoms with van der Waals surface area (Å²) in [6, 6.07) is 15.6. The van der Waals surface area contributed by atoms with E-state index in [9.17, 15) is 9.59 Å². The largest absolute Gasteiger partial charge is 0.384 e. The molecule has 0 aliphatic rings. The van der Waals surface area contributed by atoms with Crippen molar-refractivity contribution in [2.24, 2.45) is 11.5 Å². The molecule has 0 aromatic heterocycles. The maximum atomic E-state index is 12.4. The molecule has 2 atom stereocenters. The lowest BCUT2D eigenvalue weighted by Crippen LogP contribution is -2.51. The van der Waals surface area contributed by atoms with Gasteiger partial charge >= 0.3 is 0 Å². The first-order chi connectivity index (χ1) is 13.9. The summed E-state index contributed by atoms with van der Waals surface area (Å²) in [5.74, 6) is -0.585. The summed E-state index contributed by atoms with van der Waals surface area (Å²) in [4.78, 5) is 24.8. The molecule has 170 valence electrons. The highest BCUT2D eigenvalue weighted by Crippen LogP contribution is 2.06. The highest BCUT2D eigenvalue weighted by atomic mass is 35.5. The Labute approximate surface area is 195 Å². The van der Waals surface area contributed by atoms with Crippen molar-refractivity contribution in [2.75, 3.05) is 0 Å². The van der Waals surface area contributed by atoms with Gasteiger partial charge in [0.2, 0.25) is 11.8 Å². The number of aryl methyl sites for hydroxylation is 1. The molecule has 0 bridgehead atoms. The van der Waals surface area contributed by atoms with E-state index in [2.05, 4.69) is 10.6 Å².